The quantitative estimate of drug-likeness (QED) is 0.366. The molecule has 1 saturated carbocycles. The van der Waals surface area contributed by atoms with Crippen molar-refractivity contribution < 1.29 is 29.6 Å². The van der Waals surface area contributed by atoms with Gasteiger partial charge in [-0.05, 0) is 56.6 Å². The van der Waals surface area contributed by atoms with E-state index >= 15 is 0 Å². The van der Waals surface area contributed by atoms with E-state index in [2.05, 4.69) is 5.32 Å². The largest absolute Gasteiger partial charge is 0.457 e. The monoisotopic (exact) mass is 511 g/mol. The van der Waals surface area contributed by atoms with Gasteiger partial charge in [0.25, 0.3) is 0 Å². The molecule has 0 unspecified atom stereocenters. The molecule has 1 aromatic rings. The Kier molecular flexibility index (Phi) is 7.45. The molecule has 7 nitrogen and oxygen atoms in total. The fraction of sp³-hybridized carbons (Fsp3) is 0.600. The van der Waals surface area contributed by atoms with Crippen LogP contribution < -0.4 is 5.32 Å². The van der Waals surface area contributed by atoms with Gasteiger partial charge < -0.3 is 25.4 Å². The Morgan fingerprint density at radius 3 is 2.46 bits per heavy atom. The molecule has 0 radical (unpaired) electrons. The minimum atomic E-state index is -1.49. The number of benzene rings is 1. The van der Waals surface area contributed by atoms with Crippen molar-refractivity contribution in [2.45, 2.75) is 83.3 Å². The topological polar surface area (TPSA) is 116 Å². The van der Waals surface area contributed by atoms with Crippen molar-refractivity contribution in [3.63, 3.8) is 0 Å². The van der Waals surface area contributed by atoms with Crippen molar-refractivity contribution in [2.24, 2.45) is 29.1 Å². The van der Waals surface area contributed by atoms with Crippen LogP contribution in [0.3, 0.4) is 0 Å². The third-order valence-corrected chi connectivity index (χ3v) is 8.98. The molecular weight excluding hydrogens is 470 g/mol. The zero-order chi connectivity index (χ0) is 27.2. The van der Waals surface area contributed by atoms with Gasteiger partial charge >= 0.3 is 5.97 Å². The number of ether oxygens (including phenoxy) is 1. The van der Waals surface area contributed by atoms with Crippen LogP contribution in [-0.2, 0) is 20.7 Å². The normalized spacial score (nSPS) is 43.8. The maximum absolute atomic E-state index is 14.2. The van der Waals surface area contributed by atoms with E-state index in [1.165, 1.54) is 6.92 Å². The van der Waals surface area contributed by atoms with Gasteiger partial charge in [0, 0.05) is 24.8 Å². The number of esters is 1. The highest BCUT2D eigenvalue weighted by molar-refractivity contribution is 5.89. The van der Waals surface area contributed by atoms with Gasteiger partial charge in [0.2, 0.25) is 5.91 Å². The van der Waals surface area contributed by atoms with Crippen LogP contribution in [0, 0.1) is 29.1 Å². The second-order valence-electron chi connectivity index (χ2n) is 11.9. The molecule has 37 heavy (non-hydrogen) atoms. The molecule has 2 fully saturated rings. The first kappa shape index (κ1) is 27.6. The second-order valence-corrected chi connectivity index (χ2v) is 11.9. The van der Waals surface area contributed by atoms with E-state index < -0.39 is 52.5 Å². The summed E-state index contributed by atoms with van der Waals surface area (Å²) in [5.74, 6) is -2.59. The Hall–Kier alpha value is -2.48. The van der Waals surface area contributed by atoms with Crippen LogP contribution in [0.2, 0.25) is 0 Å². The summed E-state index contributed by atoms with van der Waals surface area (Å²) >= 11 is 0. The molecule has 4 rings (SSSR count). The summed E-state index contributed by atoms with van der Waals surface area (Å²) < 4.78 is 5.87. The van der Waals surface area contributed by atoms with Gasteiger partial charge in [-0.1, -0.05) is 62.4 Å². The maximum atomic E-state index is 14.2. The first-order valence-electron chi connectivity index (χ1n) is 13.3. The van der Waals surface area contributed by atoms with Crippen LogP contribution in [0.4, 0.5) is 0 Å². The highest BCUT2D eigenvalue weighted by atomic mass is 16.5. The van der Waals surface area contributed by atoms with Crippen molar-refractivity contribution in [3.8, 4) is 0 Å². The molecule has 202 valence electrons. The molecule has 1 heterocycles. The van der Waals surface area contributed by atoms with Gasteiger partial charge in [-0.25, -0.2) is 0 Å². The van der Waals surface area contributed by atoms with Crippen LogP contribution in [0.1, 0.15) is 53.0 Å². The van der Waals surface area contributed by atoms with Crippen molar-refractivity contribution in [3.05, 3.63) is 60.2 Å². The number of aliphatic hydroxyl groups is 3. The Labute approximate surface area is 219 Å². The van der Waals surface area contributed by atoms with Gasteiger partial charge in [0.05, 0.1) is 17.3 Å². The maximum Gasteiger partial charge on any atom is 0.303 e. The zero-order valence-corrected chi connectivity index (χ0v) is 22.4. The van der Waals surface area contributed by atoms with Crippen LogP contribution in [-0.4, -0.2) is 56.6 Å². The van der Waals surface area contributed by atoms with E-state index in [1.807, 2.05) is 56.3 Å². The van der Waals surface area contributed by atoms with E-state index in [-0.39, 0.29) is 17.9 Å². The molecule has 1 amide bonds. The SMILES string of the molecule is CC(=O)O[C@@H]1C=C[C@](C)(O)C[C@@H](C)CC=C[C@H]2[C@H](O)[C@](C)(O)[C@@H](C)[C@H]3[C@H](Cc4ccccc4)NC(=O)[C@@]312. The van der Waals surface area contributed by atoms with Gasteiger partial charge in [-0.2, -0.15) is 0 Å². The molecule has 10 atom stereocenters. The Morgan fingerprint density at radius 1 is 1.14 bits per heavy atom. The number of rotatable bonds is 3. The van der Waals surface area contributed by atoms with E-state index in [1.54, 1.807) is 26.0 Å². The molecule has 1 aromatic carbocycles. The predicted molar refractivity (Wildman–Crippen MR) is 140 cm³/mol. The molecule has 1 spiro atoms. The van der Waals surface area contributed by atoms with Gasteiger partial charge in [0.15, 0.2) is 0 Å². The van der Waals surface area contributed by atoms with Gasteiger partial charge in [-0.15, -0.1) is 0 Å². The third-order valence-electron chi connectivity index (χ3n) is 8.98. The molecule has 0 aromatic heterocycles. The lowest BCUT2D eigenvalue weighted by Crippen LogP contribution is -2.68. The fourth-order valence-electron chi connectivity index (χ4n) is 7.16. The van der Waals surface area contributed by atoms with Crippen molar-refractivity contribution >= 4 is 11.9 Å². The minimum Gasteiger partial charge on any atom is -0.457 e. The van der Waals surface area contributed by atoms with Crippen molar-refractivity contribution in [1.29, 1.82) is 0 Å². The van der Waals surface area contributed by atoms with E-state index in [9.17, 15) is 24.9 Å². The van der Waals surface area contributed by atoms with E-state index in [4.69, 9.17) is 4.74 Å². The highest BCUT2D eigenvalue weighted by Gasteiger charge is 2.72. The number of allylic oxidation sites excluding steroid dienone is 1. The zero-order valence-electron chi connectivity index (χ0n) is 22.4. The summed E-state index contributed by atoms with van der Waals surface area (Å²) in [5, 5.41) is 37.5. The van der Waals surface area contributed by atoms with E-state index in [0.717, 1.165) is 5.56 Å². The minimum absolute atomic E-state index is 0.122. The predicted octanol–water partition coefficient (Wildman–Crippen LogP) is 2.93. The van der Waals surface area contributed by atoms with Crippen molar-refractivity contribution in [1.82, 2.24) is 5.32 Å². The number of carbonyl (C=O) groups is 2. The molecule has 1 saturated heterocycles. The third kappa shape index (κ3) is 4.89. The molecule has 1 aliphatic heterocycles. The second kappa shape index (κ2) is 10.0. The first-order chi connectivity index (χ1) is 17.3. The number of amides is 1. The average molecular weight is 512 g/mol. The van der Waals surface area contributed by atoms with Crippen LogP contribution in [0.25, 0.3) is 0 Å². The molecule has 3 aliphatic rings. The standard InChI is InChI=1S/C30H41NO6/c1-18-10-9-13-22-26(33)29(5,36)19(2)25-23(16-21-11-7-6-8-12-21)31-27(34)30(22,25)24(37-20(3)32)14-15-28(4,35)17-18/h6-9,11-15,18-19,22-26,33,35-36H,10,16-17H2,1-5H3,(H,31,34)/t18-,19-,22-,23-,24+,25-,26-,28-,29+,30+/m0/s1. The van der Waals surface area contributed by atoms with Crippen molar-refractivity contribution in [2.75, 3.05) is 0 Å². The van der Waals surface area contributed by atoms with Crippen LogP contribution >= 0.6 is 0 Å². The van der Waals surface area contributed by atoms with E-state index in [0.29, 0.717) is 19.3 Å². The lowest BCUT2D eigenvalue weighted by atomic mass is 9.48. The molecule has 2 aliphatic carbocycles. The summed E-state index contributed by atoms with van der Waals surface area (Å²) in [6.45, 7) is 8.50. The Morgan fingerprint density at radius 2 is 1.81 bits per heavy atom. The molecule has 0 bridgehead atoms. The van der Waals surface area contributed by atoms with Crippen LogP contribution in [0.5, 0.6) is 0 Å². The first-order valence-corrected chi connectivity index (χ1v) is 13.3. The van der Waals surface area contributed by atoms with Gasteiger partial charge in [0.1, 0.15) is 11.5 Å². The van der Waals surface area contributed by atoms with Gasteiger partial charge in [-0.3, -0.25) is 9.59 Å². The Balaban J connectivity index is 1.95. The molecular formula is C30H41NO6. The highest BCUT2D eigenvalue weighted by Crippen LogP contribution is 2.60. The average Bonchev–Trinajstić information content (AvgIpc) is 3.08. The summed E-state index contributed by atoms with van der Waals surface area (Å²) in [6.07, 6.45) is 6.27. The fourth-order valence-corrected chi connectivity index (χ4v) is 7.16. The lowest BCUT2D eigenvalue weighted by molar-refractivity contribution is -0.217. The smallest absolute Gasteiger partial charge is 0.303 e. The summed E-state index contributed by atoms with van der Waals surface area (Å²) in [5.41, 5.74) is -3.03. The summed E-state index contributed by atoms with van der Waals surface area (Å²) in [4.78, 5) is 26.6. The lowest BCUT2D eigenvalue weighted by Gasteiger charge is -2.57. The Bertz CT molecular complexity index is 1060. The number of hydrogen-bond donors (Lipinski definition) is 4. The number of aliphatic hydroxyl groups excluding tert-OH is 1. The summed E-state index contributed by atoms with van der Waals surface area (Å²) in [7, 11) is 0. The molecule has 7 heteroatoms. The number of carbonyl (C=O) groups excluding carboxylic acids is 2. The number of nitrogens with one attached hydrogen (secondary N) is 1. The molecule has 4 N–H and O–H groups in total. The van der Waals surface area contributed by atoms with Crippen LogP contribution in [0.15, 0.2) is 54.6 Å². The summed E-state index contributed by atoms with van der Waals surface area (Å²) in [6, 6.07) is 9.44. The number of hydrogen-bond acceptors (Lipinski definition) is 6.